The number of allylic oxidation sites excluding steroid dienone is 3. The molecule has 0 fully saturated rings. The first kappa shape index (κ1) is 13.6. The highest BCUT2D eigenvalue weighted by Crippen LogP contribution is 2.31. The van der Waals surface area contributed by atoms with E-state index in [1.165, 1.54) is 11.1 Å². The van der Waals surface area contributed by atoms with Crippen LogP contribution in [-0.2, 0) is 4.74 Å². The molecule has 0 aromatic rings. The van der Waals surface area contributed by atoms with E-state index in [9.17, 15) is 5.11 Å². The van der Waals surface area contributed by atoms with Gasteiger partial charge in [0.1, 0.15) is 0 Å². The Bertz CT molecular complexity index is 365. The standard InChI is InChI=1S/C16H24O2/c1-12-8-15(9-13(2)16(12)10-17)18-11-14-6-4-3-5-7-14/h3-6,12,14-15,17H,7-11H2,1-2H3. The van der Waals surface area contributed by atoms with Crippen molar-refractivity contribution in [1.82, 2.24) is 0 Å². The Kier molecular flexibility index (Phi) is 4.79. The predicted octanol–water partition coefficient (Wildman–Crippen LogP) is 3.24. The van der Waals surface area contributed by atoms with Gasteiger partial charge in [0.25, 0.3) is 0 Å². The largest absolute Gasteiger partial charge is 0.392 e. The molecule has 2 aliphatic rings. The van der Waals surface area contributed by atoms with Crippen molar-refractivity contribution in [3.8, 4) is 0 Å². The Morgan fingerprint density at radius 3 is 2.83 bits per heavy atom. The summed E-state index contributed by atoms with van der Waals surface area (Å²) in [4.78, 5) is 0. The van der Waals surface area contributed by atoms with Crippen molar-refractivity contribution in [3.63, 3.8) is 0 Å². The molecule has 0 spiro atoms. The van der Waals surface area contributed by atoms with Crippen LogP contribution in [0.25, 0.3) is 0 Å². The number of ether oxygens (including phenoxy) is 1. The van der Waals surface area contributed by atoms with Gasteiger partial charge in [0.2, 0.25) is 0 Å². The summed E-state index contributed by atoms with van der Waals surface area (Å²) in [5.41, 5.74) is 2.54. The highest BCUT2D eigenvalue weighted by molar-refractivity contribution is 5.19. The van der Waals surface area contributed by atoms with Gasteiger partial charge in [-0.25, -0.2) is 0 Å². The molecule has 18 heavy (non-hydrogen) atoms. The number of hydrogen-bond donors (Lipinski definition) is 1. The van der Waals surface area contributed by atoms with Crippen LogP contribution in [0.5, 0.6) is 0 Å². The molecular weight excluding hydrogens is 224 g/mol. The number of rotatable bonds is 4. The maximum Gasteiger partial charge on any atom is 0.0646 e. The number of hydrogen-bond acceptors (Lipinski definition) is 2. The lowest BCUT2D eigenvalue weighted by atomic mass is 9.83. The Morgan fingerprint density at radius 2 is 2.22 bits per heavy atom. The summed E-state index contributed by atoms with van der Waals surface area (Å²) in [6.07, 6.45) is 12.1. The fourth-order valence-corrected chi connectivity index (χ4v) is 2.95. The smallest absolute Gasteiger partial charge is 0.0646 e. The summed E-state index contributed by atoms with van der Waals surface area (Å²) in [6, 6.07) is 0. The van der Waals surface area contributed by atoms with Gasteiger partial charge in [0, 0.05) is 5.92 Å². The lowest BCUT2D eigenvalue weighted by Crippen LogP contribution is -2.26. The summed E-state index contributed by atoms with van der Waals surface area (Å²) < 4.78 is 6.06. The van der Waals surface area contributed by atoms with Crippen LogP contribution >= 0.6 is 0 Å². The molecule has 0 saturated heterocycles. The molecule has 0 aliphatic heterocycles. The van der Waals surface area contributed by atoms with E-state index in [4.69, 9.17) is 4.74 Å². The van der Waals surface area contributed by atoms with Crippen molar-refractivity contribution >= 4 is 0 Å². The Balaban J connectivity index is 1.83. The van der Waals surface area contributed by atoms with E-state index in [1.54, 1.807) is 0 Å². The minimum absolute atomic E-state index is 0.204. The number of aliphatic hydroxyl groups excluding tert-OH is 1. The number of aliphatic hydroxyl groups is 1. The lowest BCUT2D eigenvalue weighted by molar-refractivity contribution is 0.0211. The molecular formula is C16H24O2. The minimum atomic E-state index is 0.204. The van der Waals surface area contributed by atoms with Crippen LogP contribution in [0.15, 0.2) is 35.5 Å². The SMILES string of the molecule is CC1=C(CO)C(C)CC(OCC2C=CC=CC2)C1. The molecule has 2 heteroatoms. The normalized spacial score (nSPS) is 32.1. The summed E-state index contributed by atoms with van der Waals surface area (Å²) in [7, 11) is 0. The predicted molar refractivity (Wildman–Crippen MR) is 74.3 cm³/mol. The van der Waals surface area contributed by atoms with Crippen LogP contribution in [0.2, 0.25) is 0 Å². The molecule has 0 aromatic carbocycles. The van der Waals surface area contributed by atoms with Gasteiger partial charge in [0.15, 0.2) is 0 Å². The van der Waals surface area contributed by atoms with Gasteiger partial charge in [-0.1, -0.05) is 36.8 Å². The Morgan fingerprint density at radius 1 is 1.39 bits per heavy atom. The molecule has 0 saturated carbocycles. The highest BCUT2D eigenvalue weighted by Gasteiger charge is 2.25. The van der Waals surface area contributed by atoms with Crippen molar-refractivity contribution in [1.29, 1.82) is 0 Å². The fraction of sp³-hybridized carbons (Fsp3) is 0.625. The maximum atomic E-state index is 9.34. The van der Waals surface area contributed by atoms with Gasteiger partial charge in [-0.05, 0) is 37.7 Å². The van der Waals surface area contributed by atoms with E-state index in [-0.39, 0.29) is 6.61 Å². The van der Waals surface area contributed by atoms with Crippen molar-refractivity contribution in [2.75, 3.05) is 13.2 Å². The van der Waals surface area contributed by atoms with E-state index in [2.05, 4.69) is 38.2 Å². The van der Waals surface area contributed by atoms with Crippen LogP contribution in [0, 0.1) is 11.8 Å². The third kappa shape index (κ3) is 3.33. The van der Waals surface area contributed by atoms with E-state index in [0.717, 1.165) is 25.9 Å². The van der Waals surface area contributed by atoms with Crippen molar-refractivity contribution in [2.45, 2.75) is 39.2 Å². The average Bonchev–Trinajstić information content (AvgIpc) is 2.37. The van der Waals surface area contributed by atoms with Crippen molar-refractivity contribution in [3.05, 3.63) is 35.5 Å². The molecule has 0 aromatic heterocycles. The van der Waals surface area contributed by atoms with Crippen LogP contribution < -0.4 is 0 Å². The zero-order valence-corrected chi connectivity index (χ0v) is 11.4. The molecule has 2 aliphatic carbocycles. The van der Waals surface area contributed by atoms with E-state index in [1.807, 2.05) is 0 Å². The van der Waals surface area contributed by atoms with Gasteiger partial charge in [0.05, 0.1) is 19.3 Å². The van der Waals surface area contributed by atoms with Crippen molar-refractivity contribution < 1.29 is 9.84 Å². The van der Waals surface area contributed by atoms with Crippen molar-refractivity contribution in [2.24, 2.45) is 11.8 Å². The molecule has 0 heterocycles. The zero-order valence-electron chi connectivity index (χ0n) is 11.4. The highest BCUT2D eigenvalue weighted by atomic mass is 16.5. The Labute approximate surface area is 110 Å². The summed E-state index contributed by atoms with van der Waals surface area (Å²) in [5, 5.41) is 9.34. The molecule has 2 nitrogen and oxygen atoms in total. The molecule has 2 rings (SSSR count). The summed E-state index contributed by atoms with van der Waals surface area (Å²) in [5.74, 6) is 0.990. The molecule has 0 amide bonds. The molecule has 3 atom stereocenters. The average molecular weight is 248 g/mol. The quantitative estimate of drug-likeness (QED) is 0.774. The fourth-order valence-electron chi connectivity index (χ4n) is 2.95. The van der Waals surface area contributed by atoms with Crippen LogP contribution in [0.3, 0.4) is 0 Å². The van der Waals surface area contributed by atoms with E-state index >= 15 is 0 Å². The second kappa shape index (κ2) is 6.35. The molecule has 0 radical (unpaired) electrons. The van der Waals surface area contributed by atoms with Crippen LogP contribution in [0.1, 0.15) is 33.1 Å². The van der Waals surface area contributed by atoms with Gasteiger partial charge in [-0.15, -0.1) is 0 Å². The lowest BCUT2D eigenvalue weighted by Gasteiger charge is -2.31. The summed E-state index contributed by atoms with van der Waals surface area (Å²) >= 11 is 0. The van der Waals surface area contributed by atoms with E-state index in [0.29, 0.717) is 17.9 Å². The molecule has 3 unspecified atom stereocenters. The first-order valence-corrected chi connectivity index (χ1v) is 6.95. The first-order chi connectivity index (χ1) is 8.70. The maximum absolute atomic E-state index is 9.34. The van der Waals surface area contributed by atoms with Crippen LogP contribution in [0.4, 0.5) is 0 Å². The molecule has 1 N–H and O–H groups in total. The van der Waals surface area contributed by atoms with Gasteiger partial charge in [-0.3, -0.25) is 0 Å². The zero-order chi connectivity index (χ0) is 13.0. The topological polar surface area (TPSA) is 29.5 Å². The van der Waals surface area contributed by atoms with E-state index < -0.39 is 0 Å². The second-order valence-electron chi connectivity index (χ2n) is 5.57. The summed E-state index contributed by atoms with van der Waals surface area (Å²) in [6.45, 7) is 5.34. The monoisotopic (exact) mass is 248 g/mol. The van der Waals surface area contributed by atoms with Gasteiger partial charge in [-0.2, -0.15) is 0 Å². The molecule has 100 valence electrons. The molecule has 0 bridgehead atoms. The third-order valence-electron chi connectivity index (χ3n) is 4.08. The third-order valence-corrected chi connectivity index (χ3v) is 4.08. The first-order valence-electron chi connectivity index (χ1n) is 6.95. The van der Waals surface area contributed by atoms with Gasteiger partial charge < -0.3 is 9.84 Å². The Hall–Kier alpha value is -0.860. The minimum Gasteiger partial charge on any atom is -0.392 e. The second-order valence-corrected chi connectivity index (χ2v) is 5.57. The van der Waals surface area contributed by atoms with Gasteiger partial charge >= 0.3 is 0 Å². The van der Waals surface area contributed by atoms with Crippen LogP contribution in [-0.4, -0.2) is 24.4 Å².